The molecule has 4 aromatic rings. The van der Waals surface area contributed by atoms with Crippen molar-refractivity contribution in [2.45, 2.75) is 13.5 Å². The van der Waals surface area contributed by atoms with Crippen molar-refractivity contribution >= 4 is 23.2 Å². The number of piperazine rings is 1. The van der Waals surface area contributed by atoms with Gasteiger partial charge in [0.05, 0.1) is 11.9 Å². The zero-order chi connectivity index (χ0) is 26.6. The number of nitrogens with zero attached hydrogens (tertiary/aromatic N) is 4. The molecule has 38 heavy (non-hydrogen) atoms. The smallest absolute Gasteiger partial charge is 0.316 e. The van der Waals surface area contributed by atoms with Crippen LogP contribution in [0.4, 0.5) is 5.69 Å². The molecule has 1 amide bonds. The highest BCUT2D eigenvalue weighted by Gasteiger charge is 2.25. The van der Waals surface area contributed by atoms with Crippen molar-refractivity contribution in [1.29, 1.82) is 0 Å². The van der Waals surface area contributed by atoms with Gasteiger partial charge < -0.3 is 20.3 Å². The van der Waals surface area contributed by atoms with E-state index in [0.717, 1.165) is 16.7 Å². The van der Waals surface area contributed by atoms with Gasteiger partial charge in [0.25, 0.3) is 0 Å². The van der Waals surface area contributed by atoms with Crippen LogP contribution >= 0.6 is 11.6 Å². The Morgan fingerprint density at radius 2 is 1.68 bits per heavy atom. The van der Waals surface area contributed by atoms with Crippen molar-refractivity contribution in [3.8, 4) is 28.3 Å². The van der Waals surface area contributed by atoms with Crippen molar-refractivity contribution in [1.82, 2.24) is 14.7 Å². The van der Waals surface area contributed by atoms with Crippen molar-refractivity contribution < 1.29 is 9.53 Å². The van der Waals surface area contributed by atoms with Gasteiger partial charge in [-0.25, -0.2) is 0 Å². The summed E-state index contributed by atoms with van der Waals surface area (Å²) < 4.78 is 7.55. The van der Waals surface area contributed by atoms with Gasteiger partial charge in [0.15, 0.2) is 0 Å². The lowest BCUT2D eigenvalue weighted by molar-refractivity contribution is -0.129. The molecule has 194 valence electrons. The quantitative estimate of drug-likeness (QED) is 0.396. The molecule has 1 aliphatic heterocycles. The van der Waals surface area contributed by atoms with Crippen LogP contribution in [0.1, 0.15) is 12.5 Å². The Bertz CT molecular complexity index is 1490. The van der Waals surface area contributed by atoms with E-state index in [1.807, 2.05) is 47.4 Å². The predicted molar refractivity (Wildman–Crippen MR) is 149 cm³/mol. The van der Waals surface area contributed by atoms with Crippen LogP contribution in [0.5, 0.6) is 11.5 Å². The first-order valence-corrected chi connectivity index (χ1v) is 12.8. The van der Waals surface area contributed by atoms with Gasteiger partial charge >= 0.3 is 5.56 Å². The minimum atomic E-state index is -0.390. The molecule has 8 nitrogen and oxygen atoms in total. The van der Waals surface area contributed by atoms with E-state index < -0.39 is 5.56 Å². The third-order valence-corrected chi connectivity index (χ3v) is 6.87. The largest absolute Gasteiger partial charge is 0.449 e. The van der Waals surface area contributed by atoms with E-state index in [0.29, 0.717) is 54.9 Å². The number of ether oxygens (including phenoxy) is 1. The number of anilines is 1. The fourth-order valence-corrected chi connectivity index (χ4v) is 4.62. The maximum absolute atomic E-state index is 13.7. The van der Waals surface area contributed by atoms with E-state index in [1.165, 1.54) is 4.68 Å². The number of halogens is 1. The number of nitrogens with two attached hydrogens (primary N) is 1. The van der Waals surface area contributed by atoms with Crippen molar-refractivity contribution in [3.63, 3.8) is 0 Å². The molecule has 0 radical (unpaired) electrons. The van der Waals surface area contributed by atoms with Gasteiger partial charge in [-0.15, -0.1) is 0 Å². The highest BCUT2D eigenvalue weighted by molar-refractivity contribution is 6.30. The van der Waals surface area contributed by atoms with Gasteiger partial charge in [-0.1, -0.05) is 41.9 Å². The van der Waals surface area contributed by atoms with Crippen LogP contribution in [-0.4, -0.2) is 46.8 Å². The van der Waals surface area contributed by atoms with E-state index in [2.05, 4.69) is 11.2 Å². The summed E-state index contributed by atoms with van der Waals surface area (Å²) >= 11 is 6.04. The molecule has 2 N–H and O–H groups in total. The molecular weight excluding hydrogens is 502 g/mol. The molecule has 5 rings (SSSR count). The van der Waals surface area contributed by atoms with Crippen molar-refractivity contribution in [3.05, 3.63) is 99.9 Å². The van der Waals surface area contributed by atoms with Crippen molar-refractivity contribution in [2.24, 2.45) is 5.73 Å². The molecule has 0 atom stereocenters. The highest BCUT2D eigenvalue weighted by atomic mass is 35.5. The summed E-state index contributed by atoms with van der Waals surface area (Å²) in [5.41, 5.74) is 9.69. The minimum Gasteiger partial charge on any atom is -0.449 e. The molecule has 1 aromatic heterocycles. The summed E-state index contributed by atoms with van der Waals surface area (Å²) in [4.78, 5) is 29.3. The van der Waals surface area contributed by atoms with Gasteiger partial charge in [-0.2, -0.15) is 9.78 Å². The summed E-state index contributed by atoms with van der Waals surface area (Å²) in [6.07, 6.45) is 1.64. The van der Waals surface area contributed by atoms with Gasteiger partial charge in [0.2, 0.25) is 11.7 Å². The molecule has 9 heteroatoms. The van der Waals surface area contributed by atoms with E-state index in [4.69, 9.17) is 22.1 Å². The Kier molecular flexibility index (Phi) is 7.44. The monoisotopic (exact) mass is 529 g/mol. The maximum atomic E-state index is 13.7. The van der Waals surface area contributed by atoms with Crippen LogP contribution in [0.15, 0.2) is 83.8 Å². The molecular formula is C29H28ClN5O3. The molecule has 2 heterocycles. The number of hydrogen-bond acceptors (Lipinski definition) is 6. The van der Waals surface area contributed by atoms with Gasteiger partial charge in [-0.05, 0) is 59.2 Å². The summed E-state index contributed by atoms with van der Waals surface area (Å²) in [5, 5.41) is 4.99. The number of hydrogen-bond donors (Lipinski definition) is 1. The second kappa shape index (κ2) is 11.1. The second-order valence-corrected chi connectivity index (χ2v) is 9.51. The number of aromatic nitrogens is 2. The fraction of sp³-hybridized carbons (Fsp3) is 0.207. The first-order valence-electron chi connectivity index (χ1n) is 12.4. The Labute approximate surface area is 225 Å². The number of amides is 1. The van der Waals surface area contributed by atoms with Gasteiger partial charge in [-0.3, -0.25) is 9.59 Å². The average molecular weight is 530 g/mol. The predicted octanol–water partition coefficient (Wildman–Crippen LogP) is 4.47. The number of carbonyl (C=O) groups excluding carboxylic acids is 1. The lowest BCUT2D eigenvalue weighted by Crippen LogP contribution is -2.48. The van der Waals surface area contributed by atoms with Crippen molar-refractivity contribution in [2.75, 3.05) is 31.1 Å². The molecule has 0 bridgehead atoms. The average Bonchev–Trinajstić information content (AvgIpc) is 2.95. The lowest BCUT2D eigenvalue weighted by Gasteiger charge is -2.35. The summed E-state index contributed by atoms with van der Waals surface area (Å²) in [6, 6.07) is 22.5. The van der Waals surface area contributed by atoms with E-state index in [-0.39, 0.29) is 11.7 Å². The summed E-state index contributed by atoms with van der Waals surface area (Å²) in [6.45, 7) is 4.30. The molecule has 1 aliphatic rings. The maximum Gasteiger partial charge on any atom is 0.316 e. The van der Waals surface area contributed by atoms with Crippen LogP contribution in [0, 0.1) is 0 Å². The molecule has 0 spiro atoms. The Morgan fingerprint density at radius 1 is 0.974 bits per heavy atom. The topological polar surface area (TPSA) is 93.7 Å². The zero-order valence-corrected chi connectivity index (χ0v) is 21.8. The molecule has 0 unspecified atom stereocenters. The number of rotatable bonds is 6. The number of carbonyl (C=O) groups is 1. The van der Waals surface area contributed by atoms with Crippen LogP contribution in [0.3, 0.4) is 0 Å². The first kappa shape index (κ1) is 25.5. The van der Waals surface area contributed by atoms with Crippen LogP contribution in [0.25, 0.3) is 16.8 Å². The molecule has 0 saturated carbocycles. The minimum absolute atomic E-state index is 0.0366. The van der Waals surface area contributed by atoms with Crippen LogP contribution in [0.2, 0.25) is 5.02 Å². The standard InChI is InChI=1S/C29H28ClN5O3/c1-20(36)33-13-15-34(16-14-33)27-19-32-35(25-9-7-24(30)8-10-25)29(37)28(27)38-26-11-5-22(6-12-26)23-4-2-3-21(17-23)18-31/h2-12,17,19H,13-16,18,31H2,1H3. The van der Waals surface area contributed by atoms with Crippen LogP contribution < -0.4 is 20.9 Å². The van der Waals surface area contributed by atoms with Crippen LogP contribution in [-0.2, 0) is 11.3 Å². The summed E-state index contributed by atoms with van der Waals surface area (Å²) in [7, 11) is 0. The van der Waals surface area contributed by atoms with E-state index in [1.54, 1.807) is 42.3 Å². The first-order chi connectivity index (χ1) is 18.4. The highest BCUT2D eigenvalue weighted by Crippen LogP contribution is 2.31. The second-order valence-electron chi connectivity index (χ2n) is 9.08. The van der Waals surface area contributed by atoms with E-state index >= 15 is 0 Å². The molecule has 0 aliphatic carbocycles. The molecule has 3 aromatic carbocycles. The van der Waals surface area contributed by atoms with Gasteiger partial charge in [0.1, 0.15) is 11.4 Å². The number of benzene rings is 3. The Hall–Kier alpha value is -4.14. The SMILES string of the molecule is CC(=O)N1CCN(c2cnn(-c3ccc(Cl)cc3)c(=O)c2Oc2ccc(-c3cccc(CN)c3)cc2)CC1. The molecule has 1 saturated heterocycles. The summed E-state index contributed by atoms with van der Waals surface area (Å²) in [5.74, 6) is 0.733. The molecule has 1 fully saturated rings. The Balaban J connectivity index is 1.49. The van der Waals surface area contributed by atoms with E-state index in [9.17, 15) is 9.59 Å². The Morgan fingerprint density at radius 3 is 2.34 bits per heavy atom. The fourth-order valence-electron chi connectivity index (χ4n) is 4.49. The van der Waals surface area contributed by atoms with Gasteiger partial charge in [0, 0.05) is 44.7 Å². The third kappa shape index (κ3) is 5.41. The zero-order valence-electron chi connectivity index (χ0n) is 21.0. The lowest BCUT2D eigenvalue weighted by atomic mass is 10.0. The third-order valence-electron chi connectivity index (χ3n) is 6.62. The normalized spacial score (nSPS) is 13.4.